The summed E-state index contributed by atoms with van der Waals surface area (Å²) in [4.78, 5) is 14.0. The third kappa shape index (κ3) is 3.81. The molecule has 1 amide bonds. The van der Waals surface area contributed by atoms with Crippen LogP contribution in [0.25, 0.3) is 0 Å². The molecule has 0 bridgehead atoms. The molecule has 1 atom stereocenters. The third-order valence-corrected chi connectivity index (χ3v) is 3.57. The molecule has 1 aliphatic heterocycles. The van der Waals surface area contributed by atoms with Gasteiger partial charge in [0.05, 0.1) is 5.02 Å². The first kappa shape index (κ1) is 16.2. The van der Waals surface area contributed by atoms with Crippen LogP contribution in [0.3, 0.4) is 0 Å². The molecule has 1 N–H and O–H groups in total. The number of amides is 1. The number of carbonyl (C=O) groups excluding carboxylic acids is 1. The molecule has 1 aromatic carbocycles. The molecule has 1 heterocycles. The van der Waals surface area contributed by atoms with Gasteiger partial charge in [-0.25, -0.2) is 4.39 Å². The zero-order chi connectivity index (χ0) is 13.1. The number of carbonyl (C=O) groups is 1. The summed E-state index contributed by atoms with van der Waals surface area (Å²) in [5, 5.41) is 3.17. The summed E-state index contributed by atoms with van der Waals surface area (Å²) < 4.78 is 13.1. The lowest BCUT2D eigenvalue weighted by atomic mass is 10.0. The van der Waals surface area contributed by atoms with Crippen molar-refractivity contribution in [2.24, 2.45) is 0 Å². The van der Waals surface area contributed by atoms with Crippen LogP contribution in [-0.4, -0.2) is 37.0 Å². The van der Waals surface area contributed by atoms with Crippen molar-refractivity contribution >= 4 is 29.9 Å². The molecule has 0 saturated carbocycles. The molecule has 1 unspecified atom stereocenters. The molecule has 106 valence electrons. The standard InChI is InChI=1S/C13H16ClFN2O.ClH/c1-16-10-3-2-6-17(8-10)13(18)9-4-5-12(15)11(14)7-9;/h4-5,7,10,16H,2-3,6,8H2,1H3;1H. The monoisotopic (exact) mass is 306 g/mol. The number of nitrogens with one attached hydrogen (secondary N) is 1. The van der Waals surface area contributed by atoms with E-state index >= 15 is 0 Å². The minimum Gasteiger partial charge on any atom is -0.337 e. The summed E-state index contributed by atoms with van der Waals surface area (Å²) in [7, 11) is 1.90. The molecule has 2 rings (SSSR count). The third-order valence-electron chi connectivity index (χ3n) is 3.28. The number of benzene rings is 1. The Kier molecular flexibility index (Phi) is 6.04. The first-order valence-corrected chi connectivity index (χ1v) is 6.41. The Hall–Kier alpha value is -0.840. The quantitative estimate of drug-likeness (QED) is 0.911. The van der Waals surface area contributed by atoms with Gasteiger partial charge in [-0.05, 0) is 38.1 Å². The van der Waals surface area contributed by atoms with Crippen LogP contribution in [0.15, 0.2) is 18.2 Å². The minimum absolute atomic E-state index is 0. The fraction of sp³-hybridized carbons (Fsp3) is 0.462. The highest BCUT2D eigenvalue weighted by molar-refractivity contribution is 6.31. The van der Waals surface area contributed by atoms with Gasteiger partial charge in [-0.2, -0.15) is 0 Å². The van der Waals surface area contributed by atoms with E-state index in [1.54, 1.807) is 4.90 Å². The molecule has 0 spiro atoms. The number of rotatable bonds is 2. The van der Waals surface area contributed by atoms with Gasteiger partial charge in [-0.3, -0.25) is 4.79 Å². The predicted octanol–water partition coefficient (Wildman–Crippen LogP) is 2.72. The summed E-state index contributed by atoms with van der Waals surface area (Å²) in [6.45, 7) is 1.43. The van der Waals surface area contributed by atoms with Crippen molar-refractivity contribution in [2.75, 3.05) is 20.1 Å². The lowest BCUT2D eigenvalue weighted by molar-refractivity contribution is 0.0698. The van der Waals surface area contributed by atoms with Crippen molar-refractivity contribution < 1.29 is 9.18 Å². The molecular formula is C13H17Cl2FN2O. The Labute approximate surface area is 123 Å². The Morgan fingerprint density at radius 3 is 2.89 bits per heavy atom. The van der Waals surface area contributed by atoms with Crippen molar-refractivity contribution in [3.8, 4) is 0 Å². The van der Waals surface area contributed by atoms with Crippen LogP contribution in [0.1, 0.15) is 23.2 Å². The Bertz CT molecular complexity index is 456. The highest BCUT2D eigenvalue weighted by Gasteiger charge is 2.23. The lowest BCUT2D eigenvalue weighted by Gasteiger charge is -2.32. The van der Waals surface area contributed by atoms with E-state index in [4.69, 9.17) is 11.6 Å². The van der Waals surface area contributed by atoms with Crippen LogP contribution < -0.4 is 5.32 Å². The molecule has 19 heavy (non-hydrogen) atoms. The molecule has 0 radical (unpaired) electrons. The summed E-state index contributed by atoms with van der Waals surface area (Å²) in [5.74, 6) is -0.586. The van der Waals surface area contributed by atoms with Crippen molar-refractivity contribution in [1.82, 2.24) is 10.2 Å². The fourth-order valence-corrected chi connectivity index (χ4v) is 2.39. The van der Waals surface area contributed by atoms with Crippen molar-refractivity contribution in [2.45, 2.75) is 18.9 Å². The van der Waals surface area contributed by atoms with E-state index < -0.39 is 5.82 Å². The van der Waals surface area contributed by atoms with Crippen LogP contribution in [-0.2, 0) is 0 Å². The van der Waals surface area contributed by atoms with Gasteiger partial charge < -0.3 is 10.2 Å². The number of halogens is 3. The fourth-order valence-electron chi connectivity index (χ4n) is 2.21. The van der Waals surface area contributed by atoms with Crippen molar-refractivity contribution in [3.05, 3.63) is 34.6 Å². The summed E-state index contributed by atoms with van der Waals surface area (Å²) in [6.07, 6.45) is 2.05. The maximum Gasteiger partial charge on any atom is 0.253 e. The number of likely N-dealkylation sites (tertiary alicyclic amines) is 1. The van der Waals surface area contributed by atoms with Gasteiger partial charge in [0.25, 0.3) is 5.91 Å². The molecule has 0 aromatic heterocycles. The summed E-state index contributed by atoms with van der Waals surface area (Å²) in [5.41, 5.74) is 0.443. The molecule has 6 heteroatoms. The van der Waals surface area contributed by atoms with Gasteiger partial charge in [0.2, 0.25) is 0 Å². The minimum atomic E-state index is -0.500. The van der Waals surface area contributed by atoms with E-state index in [0.29, 0.717) is 18.2 Å². The smallest absolute Gasteiger partial charge is 0.253 e. The maximum atomic E-state index is 13.1. The van der Waals surface area contributed by atoms with Crippen LogP contribution in [0.2, 0.25) is 5.02 Å². The lowest BCUT2D eigenvalue weighted by Crippen LogP contribution is -2.46. The summed E-state index contributed by atoms with van der Waals surface area (Å²) >= 11 is 5.69. The molecule has 1 aromatic rings. The second-order valence-electron chi connectivity index (χ2n) is 4.51. The van der Waals surface area contributed by atoms with Crippen LogP contribution in [0.5, 0.6) is 0 Å². The molecular weight excluding hydrogens is 290 g/mol. The first-order valence-electron chi connectivity index (χ1n) is 6.03. The second-order valence-corrected chi connectivity index (χ2v) is 4.92. The number of nitrogens with zero attached hydrogens (tertiary/aromatic N) is 1. The molecule has 3 nitrogen and oxygen atoms in total. The van der Waals surface area contributed by atoms with E-state index in [9.17, 15) is 9.18 Å². The SMILES string of the molecule is CNC1CCCN(C(=O)c2ccc(F)c(Cl)c2)C1.Cl. The van der Waals surface area contributed by atoms with Crippen molar-refractivity contribution in [1.29, 1.82) is 0 Å². The van der Waals surface area contributed by atoms with E-state index in [1.165, 1.54) is 18.2 Å². The highest BCUT2D eigenvalue weighted by atomic mass is 35.5. The molecule has 0 aliphatic carbocycles. The first-order chi connectivity index (χ1) is 8.61. The van der Waals surface area contributed by atoms with Crippen LogP contribution >= 0.6 is 24.0 Å². The van der Waals surface area contributed by atoms with Crippen molar-refractivity contribution in [3.63, 3.8) is 0 Å². The maximum absolute atomic E-state index is 13.1. The molecule has 1 saturated heterocycles. The molecule has 1 fully saturated rings. The predicted molar refractivity (Wildman–Crippen MR) is 76.6 cm³/mol. The largest absolute Gasteiger partial charge is 0.337 e. The van der Waals surface area contributed by atoms with Gasteiger partial charge in [-0.15, -0.1) is 12.4 Å². The Morgan fingerprint density at radius 1 is 1.53 bits per heavy atom. The number of piperidine rings is 1. The number of hydrogen-bond acceptors (Lipinski definition) is 2. The zero-order valence-electron chi connectivity index (χ0n) is 10.7. The average Bonchev–Trinajstić information content (AvgIpc) is 2.41. The van der Waals surface area contributed by atoms with Gasteiger partial charge in [0.15, 0.2) is 0 Å². The number of hydrogen-bond donors (Lipinski definition) is 1. The second kappa shape index (κ2) is 7.08. The van der Waals surface area contributed by atoms with Crippen LogP contribution in [0, 0.1) is 5.82 Å². The summed E-state index contributed by atoms with van der Waals surface area (Å²) in [6, 6.07) is 4.43. The highest BCUT2D eigenvalue weighted by Crippen LogP contribution is 2.19. The average molecular weight is 307 g/mol. The van der Waals surface area contributed by atoms with E-state index in [0.717, 1.165) is 19.4 Å². The Morgan fingerprint density at radius 2 is 2.26 bits per heavy atom. The van der Waals surface area contributed by atoms with Gasteiger partial charge in [0, 0.05) is 24.7 Å². The zero-order valence-corrected chi connectivity index (χ0v) is 12.2. The topological polar surface area (TPSA) is 32.3 Å². The van der Waals surface area contributed by atoms with E-state index in [-0.39, 0.29) is 23.3 Å². The van der Waals surface area contributed by atoms with Gasteiger partial charge in [0.1, 0.15) is 5.82 Å². The van der Waals surface area contributed by atoms with Gasteiger partial charge >= 0.3 is 0 Å². The Balaban J connectivity index is 0.00000180. The normalized spacial score (nSPS) is 18.9. The number of likely N-dealkylation sites (N-methyl/N-ethyl adjacent to an activating group) is 1. The molecule has 1 aliphatic rings. The van der Waals surface area contributed by atoms with E-state index in [2.05, 4.69) is 5.32 Å². The van der Waals surface area contributed by atoms with Gasteiger partial charge in [-0.1, -0.05) is 11.6 Å². The van der Waals surface area contributed by atoms with Crippen LogP contribution in [0.4, 0.5) is 4.39 Å². The van der Waals surface area contributed by atoms with E-state index in [1.807, 2.05) is 7.05 Å².